The van der Waals surface area contributed by atoms with Crippen LogP contribution in [-0.4, -0.2) is 44.2 Å². The van der Waals surface area contributed by atoms with E-state index >= 15 is 0 Å². The lowest BCUT2D eigenvalue weighted by atomic mass is 9.89. The molecule has 1 amide bonds. The van der Waals surface area contributed by atoms with Gasteiger partial charge in [-0.25, -0.2) is 9.18 Å². The number of nitrogens with zero attached hydrogens (tertiary/aromatic N) is 1. The van der Waals surface area contributed by atoms with Crippen LogP contribution in [0.5, 0.6) is 0 Å². The number of aliphatic carboxylic acids is 1. The highest BCUT2D eigenvalue weighted by atomic mass is 32.2. The van der Waals surface area contributed by atoms with Crippen LogP contribution in [0.2, 0.25) is 0 Å². The molecule has 90 valence electrons. The maximum Gasteiger partial charge on any atom is 0.327 e. The highest BCUT2D eigenvalue weighted by Crippen LogP contribution is 2.54. The number of alkyl halides is 1. The first-order valence-corrected chi connectivity index (χ1v) is 6.02. The Kier molecular flexibility index (Phi) is 2.45. The van der Waals surface area contributed by atoms with Crippen LogP contribution in [0.3, 0.4) is 0 Å². The van der Waals surface area contributed by atoms with Gasteiger partial charge in [-0.3, -0.25) is 4.79 Å². The summed E-state index contributed by atoms with van der Waals surface area (Å²) in [7, 11) is 0. The van der Waals surface area contributed by atoms with Crippen molar-refractivity contribution in [2.45, 2.75) is 43.1 Å². The molecule has 2 aliphatic heterocycles. The second-order valence-electron chi connectivity index (χ2n) is 4.80. The third-order valence-electron chi connectivity index (χ3n) is 3.21. The van der Waals surface area contributed by atoms with Gasteiger partial charge in [0.1, 0.15) is 12.2 Å². The topological polar surface area (TPSA) is 57.6 Å². The lowest BCUT2D eigenvalue weighted by Crippen LogP contribution is -2.64. The molecule has 6 heteroatoms. The second kappa shape index (κ2) is 3.35. The Labute approximate surface area is 97.2 Å². The van der Waals surface area contributed by atoms with Crippen molar-refractivity contribution in [1.82, 2.24) is 4.90 Å². The quantitative estimate of drug-likeness (QED) is 0.743. The zero-order valence-electron chi connectivity index (χ0n) is 9.31. The molecule has 2 rings (SSSR count). The van der Waals surface area contributed by atoms with Crippen LogP contribution in [0.15, 0.2) is 0 Å². The normalized spacial score (nSPS) is 37.9. The van der Waals surface area contributed by atoms with Crippen molar-refractivity contribution in [3.05, 3.63) is 0 Å². The number of carbonyl (C=O) groups excluding carboxylic acids is 1. The summed E-state index contributed by atoms with van der Waals surface area (Å²) in [6.07, 6.45) is -1.22. The third kappa shape index (κ3) is 1.35. The third-order valence-corrected chi connectivity index (χ3v) is 4.80. The van der Waals surface area contributed by atoms with E-state index in [1.165, 1.54) is 23.6 Å². The number of β-lactam (4-membered cyclic amide) rings is 1. The Balaban J connectivity index is 2.28. The molecule has 2 heterocycles. The summed E-state index contributed by atoms with van der Waals surface area (Å²) in [5.41, 5.74) is 0. The molecule has 0 saturated carbocycles. The van der Waals surface area contributed by atoms with Gasteiger partial charge in [0, 0.05) is 4.75 Å². The summed E-state index contributed by atoms with van der Waals surface area (Å²) < 4.78 is 12.6. The van der Waals surface area contributed by atoms with Crippen molar-refractivity contribution in [1.29, 1.82) is 0 Å². The number of carbonyl (C=O) groups is 2. The number of amides is 1. The predicted octanol–water partition coefficient (Wildman–Crippen LogP) is 1.11. The molecule has 16 heavy (non-hydrogen) atoms. The minimum absolute atomic E-state index is 0.316. The molecule has 4 atom stereocenters. The minimum atomic E-state index is -1.22. The molecule has 2 saturated heterocycles. The zero-order valence-corrected chi connectivity index (χ0v) is 10.1. The second-order valence-corrected chi connectivity index (χ2v) is 6.57. The molecule has 0 aromatic heterocycles. The van der Waals surface area contributed by atoms with E-state index in [2.05, 4.69) is 0 Å². The van der Waals surface area contributed by atoms with Crippen LogP contribution in [0.25, 0.3) is 0 Å². The van der Waals surface area contributed by atoms with E-state index in [0.29, 0.717) is 0 Å². The number of hydrogen-bond donors (Lipinski definition) is 1. The number of thioether (sulfide) groups is 1. The van der Waals surface area contributed by atoms with E-state index in [0.717, 1.165) is 0 Å². The SMILES string of the molecule is C[C@H](F)[C@H]1C(=O)N2[C@@H]1SC(C)(C)[C@@H]2C(=O)O. The van der Waals surface area contributed by atoms with Crippen molar-refractivity contribution in [2.75, 3.05) is 0 Å². The molecular formula is C10H14FNO3S. The van der Waals surface area contributed by atoms with Gasteiger partial charge in [0.2, 0.25) is 5.91 Å². The number of hydrogen-bond acceptors (Lipinski definition) is 3. The average Bonchev–Trinajstić information content (AvgIpc) is 2.33. The van der Waals surface area contributed by atoms with E-state index in [9.17, 15) is 14.0 Å². The van der Waals surface area contributed by atoms with Crippen LogP contribution in [0.4, 0.5) is 4.39 Å². The molecule has 0 radical (unpaired) electrons. The molecule has 0 spiro atoms. The molecule has 2 fully saturated rings. The van der Waals surface area contributed by atoms with Crippen molar-refractivity contribution >= 4 is 23.6 Å². The van der Waals surface area contributed by atoms with Gasteiger partial charge < -0.3 is 10.0 Å². The highest BCUT2D eigenvalue weighted by molar-refractivity contribution is 8.01. The summed E-state index contributed by atoms with van der Waals surface area (Å²) in [5, 5.41) is 8.80. The lowest BCUT2D eigenvalue weighted by Gasteiger charge is -2.44. The Hall–Kier alpha value is -0.780. The van der Waals surface area contributed by atoms with Gasteiger partial charge in [0.05, 0.1) is 11.3 Å². The van der Waals surface area contributed by atoms with Gasteiger partial charge in [-0.1, -0.05) is 0 Å². The van der Waals surface area contributed by atoms with Crippen LogP contribution < -0.4 is 0 Å². The molecule has 0 unspecified atom stereocenters. The molecule has 0 bridgehead atoms. The Morgan fingerprint density at radius 1 is 1.62 bits per heavy atom. The molecular weight excluding hydrogens is 233 g/mol. The number of carboxylic acid groups (broad SMARTS) is 1. The number of fused-ring (bicyclic) bond motifs is 1. The standard InChI is InChI=1S/C10H14FNO3S/c1-4(11)5-7(13)12-6(9(14)15)10(2,3)16-8(5)12/h4-6,8H,1-3H3,(H,14,15)/t4-,5-,6-,8+/m0/s1. The summed E-state index contributed by atoms with van der Waals surface area (Å²) >= 11 is 1.38. The lowest BCUT2D eigenvalue weighted by molar-refractivity contribution is -0.166. The van der Waals surface area contributed by atoms with E-state index in [1.807, 2.05) is 0 Å². The van der Waals surface area contributed by atoms with E-state index in [4.69, 9.17) is 5.11 Å². The molecule has 4 nitrogen and oxygen atoms in total. The zero-order chi connectivity index (χ0) is 12.2. The van der Waals surface area contributed by atoms with E-state index in [1.54, 1.807) is 13.8 Å². The van der Waals surface area contributed by atoms with Crippen molar-refractivity contribution < 1.29 is 19.1 Å². The van der Waals surface area contributed by atoms with Gasteiger partial charge in [-0.15, -0.1) is 11.8 Å². The fraction of sp³-hybridized carbons (Fsp3) is 0.800. The van der Waals surface area contributed by atoms with Crippen molar-refractivity contribution in [3.8, 4) is 0 Å². The smallest absolute Gasteiger partial charge is 0.327 e. The number of carboxylic acids is 1. The summed E-state index contributed by atoms with van der Waals surface area (Å²) in [5.74, 6) is -2.06. The van der Waals surface area contributed by atoms with E-state index in [-0.39, 0.29) is 11.3 Å². The Bertz CT molecular complexity index is 358. The average molecular weight is 247 g/mol. The Morgan fingerprint density at radius 2 is 2.19 bits per heavy atom. The maximum absolute atomic E-state index is 13.2. The monoisotopic (exact) mass is 247 g/mol. The maximum atomic E-state index is 13.2. The van der Waals surface area contributed by atoms with Gasteiger partial charge in [-0.05, 0) is 20.8 Å². The van der Waals surface area contributed by atoms with Crippen LogP contribution in [-0.2, 0) is 9.59 Å². The fourth-order valence-corrected chi connectivity index (χ4v) is 4.25. The molecule has 0 aromatic carbocycles. The van der Waals surface area contributed by atoms with Crippen LogP contribution in [0, 0.1) is 5.92 Å². The molecule has 1 N–H and O–H groups in total. The first kappa shape index (κ1) is 11.7. The van der Waals surface area contributed by atoms with Crippen molar-refractivity contribution in [3.63, 3.8) is 0 Å². The van der Waals surface area contributed by atoms with E-state index < -0.39 is 28.8 Å². The van der Waals surface area contributed by atoms with Gasteiger partial charge in [0.15, 0.2) is 0 Å². The number of halogens is 1. The van der Waals surface area contributed by atoms with Crippen LogP contribution >= 0.6 is 11.8 Å². The Morgan fingerprint density at radius 3 is 2.62 bits per heavy atom. The van der Waals surface area contributed by atoms with Gasteiger partial charge in [0.25, 0.3) is 0 Å². The predicted molar refractivity (Wildman–Crippen MR) is 57.8 cm³/mol. The summed E-state index contributed by atoms with van der Waals surface area (Å²) in [4.78, 5) is 24.1. The summed E-state index contributed by atoms with van der Waals surface area (Å²) in [6, 6.07) is -0.843. The largest absolute Gasteiger partial charge is 0.480 e. The highest BCUT2D eigenvalue weighted by Gasteiger charge is 2.64. The van der Waals surface area contributed by atoms with Crippen LogP contribution in [0.1, 0.15) is 20.8 Å². The number of rotatable bonds is 2. The molecule has 0 aromatic rings. The molecule has 2 aliphatic rings. The fourth-order valence-electron chi connectivity index (χ4n) is 2.46. The minimum Gasteiger partial charge on any atom is -0.480 e. The van der Waals surface area contributed by atoms with Gasteiger partial charge >= 0.3 is 5.97 Å². The van der Waals surface area contributed by atoms with Gasteiger partial charge in [-0.2, -0.15) is 0 Å². The first-order chi connectivity index (χ1) is 7.27. The molecule has 0 aliphatic carbocycles. The van der Waals surface area contributed by atoms with Crippen molar-refractivity contribution in [2.24, 2.45) is 5.92 Å². The first-order valence-electron chi connectivity index (χ1n) is 5.14. The summed E-state index contributed by atoms with van der Waals surface area (Å²) in [6.45, 7) is 4.91.